The topological polar surface area (TPSA) is 108 Å². The number of nitriles is 1. The molecule has 1 unspecified atom stereocenters. The number of hydrogen-bond acceptors (Lipinski definition) is 6. The highest BCUT2D eigenvalue weighted by Gasteiger charge is 2.28. The van der Waals surface area contributed by atoms with Gasteiger partial charge >= 0.3 is 0 Å². The fourth-order valence-electron chi connectivity index (χ4n) is 4.35. The molecule has 1 aliphatic heterocycles. The Balaban J connectivity index is 1.49. The molecule has 0 spiro atoms. The number of amides is 1. The number of benzene rings is 1. The highest BCUT2D eigenvalue weighted by molar-refractivity contribution is 5.95. The molecule has 2 aromatic heterocycles. The van der Waals surface area contributed by atoms with Crippen molar-refractivity contribution in [2.24, 2.45) is 11.7 Å². The van der Waals surface area contributed by atoms with Crippen LogP contribution in [0.3, 0.4) is 0 Å². The SMILES string of the molecule is C[C@H]1C[C@@H](NC(=O)C(N)Cc2cccnc2)CN(c2ccc(C#N)c3ncccc23)C1. The van der Waals surface area contributed by atoms with Crippen LogP contribution in [0.1, 0.15) is 24.5 Å². The van der Waals surface area contributed by atoms with Gasteiger partial charge in [-0.05, 0) is 54.7 Å². The normalized spacial score (nSPS) is 19.6. The first kappa shape index (κ1) is 20.8. The molecule has 1 aromatic carbocycles. The van der Waals surface area contributed by atoms with Gasteiger partial charge in [0.15, 0.2) is 0 Å². The van der Waals surface area contributed by atoms with E-state index < -0.39 is 6.04 Å². The Morgan fingerprint density at radius 3 is 2.90 bits per heavy atom. The predicted octanol–water partition coefficient (Wildman–Crippen LogP) is 2.40. The fraction of sp³-hybridized carbons (Fsp3) is 0.333. The highest BCUT2D eigenvalue weighted by Crippen LogP contribution is 2.31. The Hall–Kier alpha value is -3.50. The smallest absolute Gasteiger partial charge is 0.237 e. The summed E-state index contributed by atoms with van der Waals surface area (Å²) >= 11 is 0. The summed E-state index contributed by atoms with van der Waals surface area (Å²) in [4.78, 5) is 23.5. The molecular formula is C24H26N6O. The zero-order valence-electron chi connectivity index (χ0n) is 17.5. The fourth-order valence-corrected chi connectivity index (χ4v) is 4.35. The average Bonchev–Trinajstić information content (AvgIpc) is 2.78. The standard InChI is InChI=1S/C24H26N6O/c1-16-10-19(29-24(31)21(26)11-17-4-2-8-27-13-17)15-30(14-16)22-7-6-18(12-25)23-20(22)5-3-9-28-23/h2-9,13,16,19,21H,10-11,14-15,26H2,1H3,(H,29,31)/t16-,19+,21?/m0/s1. The molecule has 31 heavy (non-hydrogen) atoms. The summed E-state index contributed by atoms with van der Waals surface area (Å²) < 4.78 is 0. The van der Waals surface area contributed by atoms with Crippen molar-refractivity contribution < 1.29 is 4.79 Å². The molecular weight excluding hydrogens is 388 g/mol. The lowest BCUT2D eigenvalue weighted by atomic mass is 9.94. The van der Waals surface area contributed by atoms with E-state index in [0.717, 1.165) is 29.6 Å². The zero-order chi connectivity index (χ0) is 21.8. The minimum atomic E-state index is -0.616. The van der Waals surface area contributed by atoms with E-state index in [1.54, 1.807) is 18.6 Å². The number of rotatable bonds is 5. The summed E-state index contributed by atoms with van der Waals surface area (Å²) in [5, 5.41) is 13.5. The quantitative estimate of drug-likeness (QED) is 0.664. The molecule has 0 bridgehead atoms. The molecule has 1 aliphatic rings. The molecule has 3 N–H and O–H groups in total. The van der Waals surface area contributed by atoms with Crippen molar-refractivity contribution in [1.82, 2.24) is 15.3 Å². The van der Waals surface area contributed by atoms with Crippen molar-refractivity contribution in [2.45, 2.75) is 31.8 Å². The lowest BCUT2D eigenvalue weighted by Crippen LogP contribution is -2.54. The monoisotopic (exact) mass is 414 g/mol. The van der Waals surface area contributed by atoms with Gasteiger partial charge in [0.2, 0.25) is 5.91 Å². The maximum atomic E-state index is 12.7. The van der Waals surface area contributed by atoms with Crippen molar-refractivity contribution in [3.05, 3.63) is 66.1 Å². The van der Waals surface area contributed by atoms with E-state index in [1.807, 2.05) is 36.4 Å². The number of carbonyl (C=O) groups excluding carboxylic acids is 1. The van der Waals surface area contributed by atoms with E-state index in [4.69, 9.17) is 5.73 Å². The minimum Gasteiger partial charge on any atom is -0.369 e. The largest absolute Gasteiger partial charge is 0.369 e. The van der Waals surface area contributed by atoms with Crippen LogP contribution in [-0.2, 0) is 11.2 Å². The van der Waals surface area contributed by atoms with Crippen LogP contribution in [0, 0.1) is 17.2 Å². The Morgan fingerprint density at radius 1 is 1.29 bits per heavy atom. The van der Waals surface area contributed by atoms with Gasteiger partial charge in [0, 0.05) is 48.8 Å². The molecule has 3 heterocycles. The lowest BCUT2D eigenvalue weighted by Gasteiger charge is -2.39. The number of carbonyl (C=O) groups is 1. The van der Waals surface area contributed by atoms with Gasteiger partial charge in [-0.1, -0.05) is 13.0 Å². The highest BCUT2D eigenvalue weighted by atomic mass is 16.2. The molecule has 1 saturated heterocycles. The maximum absolute atomic E-state index is 12.7. The number of fused-ring (bicyclic) bond motifs is 1. The number of pyridine rings is 2. The van der Waals surface area contributed by atoms with Crippen LogP contribution in [0.15, 0.2) is 55.0 Å². The van der Waals surface area contributed by atoms with Gasteiger partial charge in [-0.25, -0.2) is 0 Å². The third-order valence-electron chi connectivity index (χ3n) is 5.73. The third kappa shape index (κ3) is 4.65. The first-order valence-electron chi connectivity index (χ1n) is 10.5. The van der Waals surface area contributed by atoms with E-state index in [1.165, 1.54) is 0 Å². The number of piperidine rings is 1. The molecule has 4 rings (SSSR count). The van der Waals surface area contributed by atoms with Gasteiger partial charge in [0.25, 0.3) is 0 Å². The Bertz CT molecular complexity index is 1110. The van der Waals surface area contributed by atoms with Gasteiger partial charge in [0.1, 0.15) is 6.07 Å². The van der Waals surface area contributed by atoms with E-state index in [2.05, 4.69) is 33.2 Å². The number of nitrogens with one attached hydrogen (secondary N) is 1. The molecule has 1 amide bonds. The summed E-state index contributed by atoms with van der Waals surface area (Å²) in [6.45, 7) is 3.75. The Labute approximate surface area is 181 Å². The molecule has 7 nitrogen and oxygen atoms in total. The molecule has 158 valence electrons. The maximum Gasteiger partial charge on any atom is 0.237 e. The summed E-state index contributed by atoms with van der Waals surface area (Å²) in [6.07, 6.45) is 6.50. The van der Waals surface area contributed by atoms with Crippen LogP contribution in [-0.4, -0.2) is 41.0 Å². The van der Waals surface area contributed by atoms with Crippen molar-refractivity contribution in [1.29, 1.82) is 5.26 Å². The summed E-state index contributed by atoms with van der Waals surface area (Å²) in [5.41, 5.74) is 9.41. The third-order valence-corrected chi connectivity index (χ3v) is 5.73. The number of anilines is 1. The van der Waals surface area contributed by atoms with E-state index >= 15 is 0 Å². The number of nitrogens with two attached hydrogens (primary N) is 1. The van der Waals surface area contributed by atoms with Gasteiger partial charge in [-0.15, -0.1) is 0 Å². The first-order chi connectivity index (χ1) is 15.0. The van der Waals surface area contributed by atoms with E-state index in [9.17, 15) is 10.1 Å². The molecule has 0 radical (unpaired) electrons. The molecule has 0 aliphatic carbocycles. The number of aromatic nitrogens is 2. The summed E-state index contributed by atoms with van der Waals surface area (Å²) in [7, 11) is 0. The van der Waals surface area contributed by atoms with Crippen molar-refractivity contribution in [2.75, 3.05) is 18.0 Å². The molecule has 3 aromatic rings. The van der Waals surface area contributed by atoms with Gasteiger partial charge in [-0.2, -0.15) is 5.26 Å². The second-order valence-electron chi connectivity index (χ2n) is 8.27. The number of hydrogen-bond donors (Lipinski definition) is 2. The van der Waals surface area contributed by atoms with Crippen LogP contribution in [0.4, 0.5) is 5.69 Å². The zero-order valence-corrected chi connectivity index (χ0v) is 17.5. The lowest BCUT2D eigenvalue weighted by molar-refractivity contribution is -0.123. The van der Waals surface area contributed by atoms with Crippen LogP contribution < -0.4 is 16.0 Å². The van der Waals surface area contributed by atoms with Crippen LogP contribution in [0.25, 0.3) is 10.9 Å². The minimum absolute atomic E-state index is 0.00133. The first-order valence-corrected chi connectivity index (χ1v) is 10.5. The predicted molar refractivity (Wildman–Crippen MR) is 120 cm³/mol. The molecule has 7 heteroatoms. The van der Waals surface area contributed by atoms with Crippen LogP contribution >= 0.6 is 0 Å². The van der Waals surface area contributed by atoms with Gasteiger partial charge in [-0.3, -0.25) is 14.8 Å². The van der Waals surface area contributed by atoms with Crippen LogP contribution in [0.2, 0.25) is 0 Å². The Morgan fingerprint density at radius 2 is 2.13 bits per heavy atom. The van der Waals surface area contributed by atoms with E-state index in [0.29, 0.717) is 30.0 Å². The van der Waals surface area contributed by atoms with Crippen molar-refractivity contribution in [3.63, 3.8) is 0 Å². The summed E-state index contributed by atoms with van der Waals surface area (Å²) in [6, 6.07) is 13.1. The van der Waals surface area contributed by atoms with Gasteiger partial charge < -0.3 is 16.0 Å². The summed E-state index contributed by atoms with van der Waals surface area (Å²) in [5.74, 6) is 0.255. The molecule has 0 saturated carbocycles. The van der Waals surface area contributed by atoms with Gasteiger partial charge in [0.05, 0.1) is 17.1 Å². The molecule has 1 fully saturated rings. The second kappa shape index (κ2) is 9.11. The number of nitrogens with zero attached hydrogens (tertiary/aromatic N) is 4. The van der Waals surface area contributed by atoms with E-state index in [-0.39, 0.29) is 11.9 Å². The van der Waals surface area contributed by atoms with Crippen molar-refractivity contribution >= 4 is 22.5 Å². The Kier molecular flexibility index (Phi) is 6.10. The van der Waals surface area contributed by atoms with Crippen LogP contribution in [0.5, 0.6) is 0 Å². The average molecular weight is 415 g/mol. The second-order valence-corrected chi connectivity index (χ2v) is 8.27. The molecule has 3 atom stereocenters. The van der Waals surface area contributed by atoms with Crippen molar-refractivity contribution in [3.8, 4) is 6.07 Å².